The van der Waals surface area contributed by atoms with Crippen LogP contribution >= 0.6 is 0 Å². The van der Waals surface area contributed by atoms with Crippen LogP contribution in [0.15, 0.2) is 72.8 Å². The van der Waals surface area contributed by atoms with E-state index >= 15 is 0 Å². The molecular formula is C36H40N4O7. The smallest absolute Gasteiger partial charge is 0.407 e. The largest absolute Gasteiger partial charge is 0.460 e. The molecular weight excluding hydrogens is 600 g/mol. The van der Waals surface area contributed by atoms with Crippen molar-refractivity contribution in [2.24, 2.45) is 5.73 Å². The molecule has 3 atom stereocenters. The Balaban J connectivity index is 1.33. The molecule has 47 heavy (non-hydrogen) atoms. The highest BCUT2D eigenvalue weighted by molar-refractivity contribution is 5.92. The van der Waals surface area contributed by atoms with Crippen LogP contribution in [0.25, 0.3) is 11.1 Å². The highest BCUT2D eigenvalue weighted by Gasteiger charge is 2.43. The second-order valence-electron chi connectivity index (χ2n) is 11.9. The molecule has 1 aliphatic heterocycles. The molecule has 0 radical (unpaired) electrons. The van der Waals surface area contributed by atoms with E-state index in [0.717, 1.165) is 33.4 Å². The lowest BCUT2D eigenvalue weighted by atomic mass is 9.98. The third-order valence-corrected chi connectivity index (χ3v) is 8.53. The Hall–Kier alpha value is -5.19. The number of likely N-dealkylation sites (tertiary alicyclic amines) is 1. The van der Waals surface area contributed by atoms with Crippen molar-refractivity contribution in [3.63, 3.8) is 0 Å². The summed E-state index contributed by atoms with van der Waals surface area (Å²) in [6.45, 7) is 4.05. The van der Waals surface area contributed by atoms with Gasteiger partial charge in [0.25, 0.3) is 0 Å². The molecule has 0 aromatic heterocycles. The van der Waals surface area contributed by atoms with Crippen molar-refractivity contribution in [1.29, 1.82) is 0 Å². The van der Waals surface area contributed by atoms with Crippen LogP contribution in [0.1, 0.15) is 54.4 Å². The van der Waals surface area contributed by atoms with E-state index in [1.807, 2.05) is 79.7 Å². The number of carbonyl (C=O) groups excluding carboxylic acids is 5. The Morgan fingerprint density at radius 2 is 1.62 bits per heavy atom. The molecule has 3 aromatic carbocycles. The number of nitrogens with two attached hydrogens (primary N) is 1. The molecule has 0 saturated carbocycles. The standard InChI is InChI=1S/C36H40N4O7/c1-3-38-34(43)31-19-24(47-33(42)16-15-32(37)41)20-40(31)35(44)30(18-23-10-8-9-22(2)17-23)39-36(45)46-21-29-27-13-6-4-11-25(27)26-12-5-7-14-28(26)29/h4-14,17,24,29-31H,3,15-16,18-21H2,1-2H3,(H2,37,41)(H,38,43)(H,39,45)/t24-,30+,31+/m1/s1. The van der Waals surface area contributed by atoms with Gasteiger partial charge in [-0.1, -0.05) is 78.4 Å². The van der Waals surface area contributed by atoms with Crippen molar-refractivity contribution in [1.82, 2.24) is 15.5 Å². The molecule has 1 heterocycles. The number of ether oxygens (including phenoxy) is 2. The minimum atomic E-state index is -1.08. The minimum Gasteiger partial charge on any atom is -0.460 e. The number of carbonyl (C=O) groups is 5. The second kappa shape index (κ2) is 14.9. The van der Waals surface area contributed by atoms with Crippen LogP contribution in [0.2, 0.25) is 0 Å². The lowest BCUT2D eigenvalue weighted by Crippen LogP contribution is -2.54. The Morgan fingerprint density at radius 1 is 0.936 bits per heavy atom. The quantitative estimate of drug-likeness (QED) is 0.256. The van der Waals surface area contributed by atoms with Crippen LogP contribution in [0.5, 0.6) is 0 Å². The number of hydrogen-bond donors (Lipinski definition) is 3. The molecule has 11 nitrogen and oxygen atoms in total. The SMILES string of the molecule is CCNC(=O)[C@@H]1C[C@@H](OC(=O)CCC(N)=O)CN1C(=O)[C@H](Cc1cccc(C)c1)NC(=O)OCC1c2ccccc2-c2ccccc21. The first-order valence-corrected chi connectivity index (χ1v) is 15.9. The van der Waals surface area contributed by atoms with Gasteiger partial charge in [-0.3, -0.25) is 19.2 Å². The summed E-state index contributed by atoms with van der Waals surface area (Å²) in [6.07, 6.45) is -1.70. The normalized spacial score (nSPS) is 17.3. The summed E-state index contributed by atoms with van der Waals surface area (Å²) in [5.74, 6) is -2.35. The van der Waals surface area contributed by atoms with Crippen LogP contribution in [0.4, 0.5) is 4.79 Å². The van der Waals surface area contributed by atoms with Crippen molar-refractivity contribution in [3.8, 4) is 11.1 Å². The van der Waals surface area contributed by atoms with Gasteiger partial charge in [-0.15, -0.1) is 0 Å². The molecule has 11 heteroatoms. The van der Waals surface area contributed by atoms with Crippen LogP contribution in [0.3, 0.4) is 0 Å². The van der Waals surface area contributed by atoms with Gasteiger partial charge in [-0.2, -0.15) is 0 Å². The van der Waals surface area contributed by atoms with E-state index in [1.165, 1.54) is 4.90 Å². The third kappa shape index (κ3) is 7.97. The Bertz CT molecular complexity index is 1610. The summed E-state index contributed by atoms with van der Waals surface area (Å²) >= 11 is 0. The number of alkyl carbamates (subject to hydrolysis) is 1. The summed E-state index contributed by atoms with van der Waals surface area (Å²) in [6, 6.07) is 21.6. The fourth-order valence-corrected chi connectivity index (χ4v) is 6.39. The minimum absolute atomic E-state index is 0.0559. The summed E-state index contributed by atoms with van der Waals surface area (Å²) in [4.78, 5) is 65.5. The number of hydrogen-bond acceptors (Lipinski definition) is 7. The molecule has 4 N–H and O–H groups in total. The lowest BCUT2D eigenvalue weighted by molar-refractivity contribution is -0.150. The van der Waals surface area contributed by atoms with Crippen molar-refractivity contribution in [2.45, 2.75) is 63.6 Å². The number of fused-ring (bicyclic) bond motifs is 3. The molecule has 0 spiro atoms. The van der Waals surface area contributed by atoms with Gasteiger partial charge in [0.05, 0.1) is 13.0 Å². The summed E-state index contributed by atoms with van der Waals surface area (Å²) in [5.41, 5.74) is 11.3. The van der Waals surface area contributed by atoms with Crippen LogP contribution in [0, 0.1) is 6.92 Å². The van der Waals surface area contributed by atoms with E-state index in [2.05, 4.69) is 10.6 Å². The predicted molar refractivity (Wildman–Crippen MR) is 174 cm³/mol. The van der Waals surface area contributed by atoms with Gasteiger partial charge in [-0.05, 0) is 41.7 Å². The van der Waals surface area contributed by atoms with E-state index < -0.39 is 48.0 Å². The third-order valence-electron chi connectivity index (χ3n) is 8.53. The van der Waals surface area contributed by atoms with Gasteiger partial charge >= 0.3 is 12.1 Å². The number of nitrogens with one attached hydrogen (secondary N) is 2. The van der Waals surface area contributed by atoms with Gasteiger partial charge in [0.2, 0.25) is 17.7 Å². The van der Waals surface area contributed by atoms with Crippen LogP contribution in [-0.2, 0) is 35.1 Å². The predicted octanol–water partition coefficient (Wildman–Crippen LogP) is 3.36. The van der Waals surface area contributed by atoms with Crippen molar-refractivity contribution in [3.05, 3.63) is 95.1 Å². The Kier molecular flexibility index (Phi) is 10.5. The summed E-state index contributed by atoms with van der Waals surface area (Å²) in [5, 5.41) is 5.51. The molecule has 4 amide bonds. The number of esters is 1. The highest BCUT2D eigenvalue weighted by atomic mass is 16.6. The molecule has 1 fully saturated rings. The van der Waals surface area contributed by atoms with Gasteiger partial charge in [0.1, 0.15) is 24.8 Å². The maximum atomic E-state index is 14.2. The van der Waals surface area contributed by atoms with Crippen LogP contribution < -0.4 is 16.4 Å². The average Bonchev–Trinajstić information content (AvgIpc) is 3.61. The van der Waals surface area contributed by atoms with E-state index in [-0.39, 0.29) is 44.8 Å². The Morgan fingerprint density at radius 3 is 2.26 bits per heavy atom. The number of likely N-dealkylation sites (N-methyl/N-ethyl adjacent to an activating group) is 1. The first-order valence-electron chi connectivity index (χ1n) is 15.9. The fraction of sp³-hybridized carbons (Fsp3) is 0.361. The van der Waals surface area contributed by atoms with Crippen LogP contribution in [-0.4, -0.2) is 72.6 Å². The van der Waals surface area contributed by atoms with Gasteiger partial charge in [0, 0.05) is 31.7 Å². The molecule has 3 aromatic rings. The number of benzene rings is 3. The van der Waals surface area contributed by atoms with E-state index in [4.69, 9.17) is 15.2 Å². The monoisotopic (exact) mass is 640 g/mol. The first-order chi connectivity index (χ1) is 22.6. The summed E-state index contributed by atoms with van der Waals surface area (Å²) in [7, 11) is 0. The van der Waals surface area contributed by atoms with E-state index in [1.54, 1.807) is 6.92 Å². The van der Waals surface area contributed by atoms with Gasteiger partial charge < -0.3 is 30.7 Å². The number of primary amides is 1. The van der Waals surface area contributed by atoms with E-state index in [9.17, 15) is 24.0 Å². The van der Waals surface area contributed by atoms with E-state index in [0.29, 0.717) is 6.54 Å². The summed E-state index contributed by atoms with van der Waals surface area (Å²) < 4.78 is 11.3. The highest BCUT2D eigenvalue weighted by Crippen LogP contribution is 2.44. The molecule has 246 valence electrons. The molecule has 0 unspecified atom stereocenters. The molecule has 1 saturated heterocycles. The van der Waals surface area contributed by atoms with Crippen molar-refractivity contribution in [2.75, 3.05) is 19.7 Å². The van der Waals surface area contributed by atoms with Crippen molar-refractivity contribution >= 4 is 29.8 Å². The molecule has 5 rings (SSSR count). The number of aryl methyl sites for hydroxylation is 1. The fourth-order valence-electron chi connectivity index (χ4n) is 6.39. The lowest BCUT2D eigenvalue weighted by Gasteiger charge is -2.28. The van der Waals surface area contributed by atoms with Crippen molar-refractivity contribution < 1.29 is 33.4 Å². The average molecular weight is 641 g/mol. The zero-order chi connectivity index (χ0) is 33.5. The zero-order valence-corrected chi connectivity index (χ0v) is 26.6. The van der Waals surface area contributed by atoms with Gasteiger partial charge in [-0.25, -0.2) is 4.79 Å². The zero-order valence-electron chi connectivity index (χ0n) is 26.6. The Labute approximate surface area is 273 Å². The van der Waals surface area contributed by atoms with Gasteiger partial charge in [0.15, 0.2) is 0 Å². The molecule has 0 bridgehead atoms. The maximum Gasteiger partial charge on any atom is 0.407 e. The second-order valence-corrected chi connectivity index (χ2v) is 11.9. The number of amides is 4. The number of nitrogens with zero attached hydrogens (tertiary/aromatic N) is 1. The first kappa shape index (κ1) is 33.2. The topological polar surface area (TPSA) is 157 Å². The molecule has 2 aliphatic rings. The maximum absolute atomic E-state index is 14.2. The number of rotatable bonds is 12. The molecule has 1 aliphatic carbocycles.